The Morgan fingerprint density at radius 3 is 0.786 bits per heavy atom. The molecule has 2 N–H and O–H groups in total. The lowest BCUT2D eigenvalue weighted by molar-refractivity contribution is -0.880. The summed E-state index contributed by atoms with van der Waals surface area (Å²) >= 11 is 0. The van der Waals surface area contributed by atoms with E-state index in [1.54, 1.807) is 4.90 Å². The zero-order valence-corrected chi connectivity index (χ0v) is 28.8. The Kier molecular flexibility index (Phi) is 33.4. The van der Waals surface area contributed by atoms with Gasteiger partial charge in [0.2, 0.25) is 0 Å². The summed E-state index contributed by atoms with van der Waals surface area (Å²) in [6.07, 6.45) is 41.1. The van der Waals surface area contributed by atoms with Gasteiger partial charge in [-0.25, -0.2) is 0 Å². The minimum Gasteiger partial charge on any atom is -0.337 e. The third kappa shape index (κ3) is 35.9. The molecule has 0 spiro atoms. The number of hydrogen-bond donors (Lipinski definition) is 2. The quantitative estimate of drug-likeness (QED) is 0.0472. The molecule has 0 saturated carbocycles. The van der Waals surface area contributed by atoms with Crippen molar-refractivity contribution in [1.29, 1.82) is 0 Å². The van der Waals surface area contributed by atoms with Gasteiger partial charge in [-0.2, -0.15) is 21.6 Å². The van der Waals surface area contributed by atoms with Crippen LogP contribution in [-0.4, -0.2) is 38.6 Å². The van der Waals surface area contributed by atoms with Crippen LogP contribution in [0.1, 0.15) is 194 Å². The molecule has 42 heavy (non-hydrogen) atoms. The summed E-state index contributed by atoms with van der Waals surface area (Å²) in [4.78, 5) is 1.78. The molecule has 0 aliphatic heterocycles. The van der Waals surface area contributed by atoms with Gasteiger partial charge in [0, 0.05) is 0 Å². The summed E-state index contributed by atoms with van der Waals surface area (Å²) < 4.78 is 57.5. The molecular formula is C34H71F3NO3S+. The van der Waals surface area contributed by atoms with Crippen LogP contribution in [-0.2, 0) is 10.1 Å². The molecule has 0 fully saturated rings. The van der Waals surface area contributed by atoms with Crippen molar-refractivity contribution in [2.75, 3.05) is 20.1 Å². The lowest BCUT2D eigenvalue weighted by Crippen LogP contribution is -3.09. The van der Waals surface area contributed by atoms with Crippen LogP contribution in [0.15, 0.2) is 0 Å². The molecule has 0 aromatic heterocycles. The van der Waals surface area contributed by atoms with E-state index in [9.17, 15) is 13.2 Å². The van der Waals surface area contributed by atoms with Gasteiger partial charge < -0.3 is 4.90 Å². The lowest BCUT2D eigenvalue weighted by atomic mass is 10.0. The van der Waals surface area contributed by atoms with Crippen LogP contribution in [0.5, 0.6) is 0 Å². The Balaban J connectivity index is 0. The minimum absolute atomic E-state index is 1.37. The summed E-state index contributed by atoms with van der Waals surface area (Å²) in [5.41, 5.74) is -5.53. The molecule has 0 radical (unpaired) electrons. The molecule has 8 heteroatoms. The number of rotatable bonds is 30. The molecule has 0 atom stereocenters. The number of alkyl halides is 3. The van der Waals surface area contributed by atoms with Gasteiger partial charge in [0.25, 0.3) is 0 Å². The lowest BCUT2D eigenvalue weighted by Gasteiger charge is -2.13. The van der Waals surface area contributed by atoms with E-state index in [-0.39, 0.29) is 0 Å². The van der Waals surface area contributed by atoms with Gasteiger partial charge in [0.1, 0.15) is 0 Å². The van der Waals surface area contributed by atoms with Gasteiger partial charge in [-0.05, 0) is 25.7 Å². The maximum absolute atomic E-state index is 10.7. The molecule has 0 aromatic carbocycles. The number of hydrogen-bond acceptors (Lipinski definition) is 2. The maximum Gasteiger partial charge on any atom is 0.522 e. The van der Waals surface area contributed by atoms with Crippen LogP contribution in [0.3, 0.4) is 0 Å². The van der Waals surface area contributed by atoms with E-state index in [4.69, 9.17) is 13.0 Å². The molecule has 4 nitrogen and oxygen atoms in total. The van der Waals surface area contributed by atoms with E-state index in [2.05, 4.69) is 20.9 Å². The van der Waals surface area contributed by atoms with Crippen molar-refractivity contribution in [2.45, 2.75) is 199 Å². The third-order valence-electron chi connectivity index (χ3n) is 8.21. The van der Waals surface area contributed by atoms with Crippen LogP contribution >= 0.6 is 0 Å². The smallest absolute Gasteiger partial charge is 0.337 e. The zero-order chi connectivity index (χ0) is 31.8. The second kappa shape index (κ2) is 32.1. The Bertz CT molecular complexity index is 598. The average Bonchev–Trinajstić information content (AvgIpc) is 2.92. The Morgan fingerprint density at radius 1 is 0.452 bits per heavy atom. The fraction of sp³-hybridized carbons (Fsp3) is 1.00. The largest absolute Gasteiger partial charge is 0.522 e. The van der Waals surface area contributed by atoms with Crippen molar-refractivity contribution < 1.29 is 31.0 Å². The molecular weight excluding hydrogens is 559 g/mol. The van der Waals surface area contributed by atoms with E-state index in [0.717, 1.165) is 0 Å². The predicted octanol–water partition coefficient (Wildman–Crippen LogP) is 10.9. The summed E-state index contributed by atoms with van der Waals surface area (Å²) in [5.74, 6) is 0. The summed E-state index contributed by atoms with van der Waals surface area (Å²) in [6.45, 7) is 7.41. The zero-order valence-electron chi connectivity index (χ0n) is 28.0. The van der Waals surface area contributed by atoms with Gasteiger partial charge in [-0.3, -0.25) is 4.55 Å². The number of halogens is 3. The Labute approximate surface area is 260 Å². The van der Waals surface area contributed by atoms with E-state index in [1.807, 2.05) is 0 Å². The van der Waals surface area contributed by atoms with Gasteiger partial charge >= 0.3 is 15.6 Å². The Morgan fingerprint density at radius 2 is 0.619 bits per heavy atom. The minimum atomic E-state index is -5.84. The first-order chi connectivity index (χ1) is 20.1. The van der Waals surface area contributed by atoms with E-state index in [1.165, 1.54) is 193 Å². The fourth-order valence-corrected chi connectivity index (χ4v) is 5.37. The summed E-state index contributed by atoms with van der Waals surface area (Å²) in [6, 6.07) is 0. The monoisotopic (exact) mass is 631 g/mol. The molecule has 0 aliphatic rings. The number of quaternary nitrogens is 1. The van der Waals surface area contributed by atoms with Crippen LogP contribution in [0.4, 0.5) is 13.2 Å². The van der Waals surface area contributed by atoms with Crippen molar-refractivity contribution in [2.24, 2.45) is 0 Å². The summed E-state index contributed by atoms with van der Waals surface area (Å²) in [7, 11) is -3.42. The SMILES string of the molecule is CCCCCCCCCCCCCCCC[NH+](C)CCCCCCCCCCCCCCCC.O=S(=O)(O)C(F)(F)F. The van der Waals surface area contributed by atoms with E-state index < -0.39 is 15.6 Å². The normalized spacial score (nSPS) is 12.1. The van der Waals surface area contributed by atoms with Crippen molar-refractivity contribution >= 4 is 10.1 Å². The molecule has 0 heterocycles. The highest BCUT2D eigenvalue weighted by atomic mass is 32.2. The van der Waals surface area contributed by atoms with Crippen molar-refractivity contribution in [1.82, 2.24) is 0 Å². The second-order valence-corrected chi connectivity index (χ2v) is 14.0. The molecule has 0 bridgehead atoms. The highest BCUT2D eigenvalue weighted by molar-refractivity contribution is 7.86. The van der Waals surface area contributed by atoms with Crippen LogP contribution in [0.25, 0.3) is 0 Å². The van der Waals surface area contributed by atoms with Crippen LogP contribution in [0.2, 0.25) is 0 Å². The van der Waals surface area contributed by atoms with Gasteiger partial charge in [0.05, 0.1) is 20.1 Å². The number of unbranched alkanes of at least 4 members (excludes halogenated alkanes) is 26. The predicted molar refractivity (Wildman–Crippen MR) is 175 cm³/mol. The van der Waals surface area contributed by atoms with Crippen LogP contribution in [0, 0.1) is 0 Å². The van der Waals surface area contributed by atoms with E-state index >= 15 is 0 Å². The molecule has 0 unspecified atom stereocenters. The molecule has 0 aliphatic carbocycles. The maximum atomic E-state index is 10.7. The second-order valence-electron chi connectivity index (χ2n) is 12.6. The average molecular weight is 631 g/mol. The Hall–Kier alpha value is -0.340. The van der Waals surface area contributed by atoms with Crippen molar-refractivity contribution in [3.8, 4) is 0 Å². The molecule has 0 saturated heterocycles. The van der Waals surface area contributed by atoms with Gasteiger partial charge in [-0.1, -0.05) is 168 Å². The first-order valence-electron chi connectivity index (χ1n) is 17.9. The van der Waals surface area contributed by atoms with Crippen molar-refractivity contribution in [3.63, 3.8) is 0 Å². The first kappa shape index (κ1) is 43.8. The molecule has 256 valence electrons. The highest BCUT2D eigenvalue weighted by Gasteiger charge is 2.44. The molecule has 0 amide bonds. The molecule has 0 aromatic rings. The first-order valence-corrected chi connectivity index (χ1v) is 19.3. The highest BCUT2D eigenvalue weighted by Crippen LogP contribution is 2.20. The summed E-state index contributed by atoms with van der Waals surface area (Å²) in [5, 5.41) is 0. The van der Waals surface area contributed by atoms with E-state index in [0.29, 0.717) is 0 Å². The van der Waals surface area contributed by atoms with Crippen LogP contribution < -0.4 is 4.90 Å². The topological polar surface area (TPSA) is 58.8 Å². The third-order valence-corrected chi connectivity index (χ3v) is 8.79. The van der Waals surface area contributed by atoms with Gasteiger partial charge in [-0.15, -0.1) is 0 Å². The standard InChI is InChI=1S/C33H69N.CHF3O3S/c1-4-6-8-10-12-14-16-18-20-22-24-26-28-30-32-34(3)33-31-29-27-25-23-21-19-17-15-13-11-9-7-5-2;2-1(3,4)8(5,6)7/h4-33H2,1-3H3;(H,5,6,7)/p+1. The fourth-order valence-electron chi connectivity index (χ4n) is 5.37. The number of nitrogens with one attached hydrogen (secondary N) is 1. The van der Waals surface area contributed by atoms with Gasteiger partial charge in [0.15, 0.2) is 0 Å². The van der Waals surface area contributed by atoms with Crippen molar-refractivity contribution in [3.05, 3.63) is 0 Å². The molecule has 0 rings (SSSR count).